The van der Waals surface area contributed by atoms with Gasteiger partial charge in [-0.1, -0.05) is 0 Å². The van der Waals surface area contributed by atoms with Crippen LogP contribution in [0.4, 0.5) is 16.4 Å². The number of anilines is 3. The van der Waals surface area contributed by atoms with E-state index in [1.807, 2.05) is 13.0 Å². The number of nitrogens with two attached hydrogens (primary N) is 2. The second kappa shape index (κ2) is 6.39. The smallest absolute Gasteiger partial charge is 0.269 e. The van der Waals surface area contributed by atoms with Crippen LogP contribution in [0.3, 0.4) is 0 Å². The lowest BCUT2D eigenvalue weighted by Crippen LogP contribution is -2.32. The third-order valence-corrected chi connectivity index (χ3v) is 3.61. The monoisotopic (exact) mass is 320 g/mol. The van der Waals surface area contributed by atoms with Crippen molar-refractivity contribution in [3.8, 4) is 0 Å². The van der Waals surface area contributed by atoms with E-state index in [1.54, 1.807) is 13.0 Å². The standard InChI is InChI=1S/C13H16N6O2S/c1-6-3-10(22-19-6)18-9-4-8(17-7(2)12(14)20)5-16-11(9)13(15)21/h3-5,7,17-18H,1-2H3,(H2,14,20)(H2,15,21)/t7-/m1/s1. The van der Waals surface area contributed by atoms with E-state index in [2.05, 4.69) is 20.0 Å². The normalized spacial score (nSPS) is 11.7. The number of aromatic nitrogens is 2. The van der Waals surface area contributed by atoms with Gasteiger partial charge in [-0.25, -0.2) is 4.98 Å². The van der Waals surface area contributed by atoms with Crippen LogP contribution in [-0.4, -0.2) is 27.2 Å². The molecular weight excluding hydrogens is 304 g/mol. The molecule has 8 nitrogen and oxygen atoms in total. The van der Waals surface area contributed by atoms with Gasteiger partial charge in [0.15, 0.2) is 5.69 Å². The number of carbonyl (C=O) groups is 2. The molecule has 6 N–H and O–H groups in total. The van der Waals surface area contributed by atoms with E-state index in [1.165, 1.54) is 17.7 Å². The van der Waals surface area contributed by atoms with Gasteiger partial charge in [-0.2, -0.15) is 4.37 Å². The molecule has 2 aromatic rings. The average molecular weight is 320 g/mol. The summed E-state index contributed by atoms with van der Waals surface area (Å²) < 4.78 is 4.15. The SMILES string of the molecule is Cc1cc(Nc2cc(N[C@H](C)C(N)=O)cnc2C(N)=O)sn1. The van der Waals surface area contributed by atoms with Crippen LogP contribution in [0.15, 0.2) is 18.3 Å². The number of carbonyl (C=O) groups excluding carboxylic acids is 2. The predicted molar refractivity (Wildman–Crippen MR) is 85.2 cm³/mol. The molecule has 0 fully saturated rings. The quantitative estimate of drug-likeness (QED) is 0.626. The molecule has 0 spiro atoms. The lowest BCUT2D eigenvalue weighted by molar-refractivity contribution is -0.118. The molecule has 0 aliphatic carbocycles. The van der Waals surface area contributed by atoms with E-state index < -0.39 is 17.9 Å². The van der Waals surface area contributed by atoms with Crippen LogP contribution in [0.2, 0.25) is 0 Å². The Morgan fingerprint density at radius 3 is 2.59 bits per heavy atom. The molecule has 1 atom stereocenters. The highest BCUT2D eigenvalue weighted by Crippen LogP contribution is 2.26. The zero-order valence-electron chi connectivity index (χ0n) is 12.1. The van der Waals surface area contributed by atoms with Gasteiger partial charge in [0.1, 0.15) is 11.0 Å². The summed E-state index contributed by atoms with van der Waals surface area (Å²) in [5.41, 5.74) is 12.5. The van der Waals surface area contributed by atoms with Crippen LogP contribution in [0.25, 0.3) is 0 Å². The molecule has 0 aliphatic heterocycles. The third-order valence-electron chi connectivity index (χ3n) is 2.82. The van der Waals surface area contributed by atoms with E-state index in [0.29, 0.717) is 11.4 Å². The van der Waals surface area contributed by atoms with Gasteiger partial charge in [-0.05, 0) is 37.5 Å². The number of amides is 2. The van der Waals surface area contributed by atoms with E-state index in [4.69, 9.17) is 11.5 Å². The molecule has 22 heavy (non-hydrogen) atoms. The van der Waals surface area contributed by atoms with Crippen molar-refractivity contribution in [1.29, 1.82) is 0 Å². The van der Waals surface area contributed by atoms with Crippen LogP contribution < -0.4 is 22.1 Å². The first-order valence-electron chi connectivity index (χ1n) is 6.43. The van der Waals surface area contributed by atoms with Gasteiger partial charge >= 0.3 is 0 Å². The Labute approximate surface area is 131 Å². The fourth-order valence-corrected chi connectivity index (χ4v) is 2.39. The summed E-state index contributed by atoms with van der Waals surface area (Å²) in [6, 6.07) is 2.91. The van der Waals surface area contributed by atoms with Gasteiger partial charge in [0, 0.05) is 0 Å². The fraction of sp³-hybridized carbons (Fsp3) is 0.231. The Morgan fingerprint density at radius 1 is 1.32 bits per heavy atom. The highest BCUT2D eigenvalue weighted by molar-refractivity contribution is 7.10. The van der Waals surface area contributed by atoms with Gasteiger partial charge in [-0.15, -0.1) is 0 Å². The van der Waals surface area contributed by atoms with Crippen molar-refractivity contribution >= 4 is 39.7 Å². The molecule has 2 rings (SSSR count). The molecule has 2 heterocycles. The summed E-state index contributed by atoms with van der Waals surface area (Å²) >= 11 is 1.25. The van der Waals surface area contributed by atoms with Crippen molar-refractivity contribution in [3.63, 3.8) is 0 Å². The second-order valence-electron chi connectivity index (χ2n) is 4.71. The molecule has 0 aromatic carbocycles. The van der Waals surface area contributed by atoms with Crippen LogP contribution in [0, 0.1) is 6.92 Å². The van der Waals surface area contributed by atoms with Crippen LogP contribution >= 0.6 is 11.5 Å². The first-order valence-corrected chi connectivity index (χ1v) is 7.20. The van der Waals surface area contributed by atoms with Crippen molar-refractivity contribution in [1.82, 2.24) is 9.36 Å². The maximum Gasteiger partial charge on any atom is 0.269 e. The summed E-state index contributed by atoms with van der Waals surface area (Å²) in [4.78, 5) is 26.6. The zero-order chi connectivity index (χ0) is 16.3. The molecule has 0 radical (unpaired) electrons. The second-order valence-corrected chi connectivity index (χ2v) is 5.52. The number of hydrogen-bond donors (Lipinski definition) is 4. The summed E-state index contributed by atoms with van der Waals surface area (Å²) in [6.07, 6.45) is 1.42. The van der Waals surface area contributed by atoms with Crippen LogP contribution in [0.1, 0.15) is 23.1 Å². The lowest BCUT2D eigenvalue weighted by Gasteiger charge is -2.14. The van der Waals surface area contributed by atoms with Crippen LogP contribution in [0.5, 0.6) is 0 Å². The fourth-order valence-electron chi connectivity index (χ4n) is 1.71. The molecule has 0 aliphatic rings. The van der Waals surface area contributed by atoms with Crippen molar-refractivity contribution in [2.24, 2.45) is 11.5 Å². The van der Waals surface area contributed by atoms with Gasteiger partial charge in [0.05, 0.1) is 23.3 Å². The topological polar surface area (TPSA) is 136 Å². The Hall–Kier alpha value is -2.68. The largest absolute Gasteiger partial charge is 0.373 e. The number of rotatable bonds is 6. The van der Waals surface area contributed by atoms with E-state index in [9.17, 15) is 9.59 Å². The molecule has 116 valence electrons. The molecule has 0 unspecified atom stereocenters. The summed E-state index contributed by atoms with van der Waals surface area (Å²) in [7, 11) is 0. The number of hydrogen-bond acceptors (Lipinski definition) is 7. The van der Waals surface area contributed by atoms with Crippen molar-refractivity contribution in [3.05, 3.63) is 29.7 Å². The van der Waals surface area contributed by atoms with Gasteiger partial charge in [0.2, 0.25) is 5.91 Å². The first-order chi connectivity index (χ1) is 10.4. The molecule has 0 saturated carbocycles. The van der Waals surface area contributed by atoms with E-state index in [0.717, 1.165) is 10.7 Å². The minimum absolute atomic E-state index is 0.100. The molecule has 2 amide bonds. The molecular formula is C13H16N6O2S. The van der Waals surface area contributed by atoms with E-state index in [-0.39, 0.29) is 5.69 Å². The number of pyridine rings is 1. The number of primary amides is 2. The summed E-state index contributed by atoms with van der Waals surface area (Å²) in [5, 5.41) is 6.70. The maximum absolute atomic E-state index is 11.5. The number of nitrogens with zero attached hydrogens (tertiary/aromatic N) is 2. The molecule has 2 aromatic heterocycles. The zero-order valence-corrected chi connectivity index (χ0v) is 12.9. The van der Waals surface area contributed by atoms with Gasteiger partial charge in [-0.3, -0.25) is 9.59 Å². The maximum atomic E-state index is 11.5. The molecule has 0 bridgehead atoms. The highest BCUT2D eigenvalue weighted by atomic mass is 32.1. The van der Waals surface area contributed by atoms with Crippen molar-refractivity contribution in [2.75, 3.05) is 10.6 Å². The van der Waals surface area contributed by atoms with Crippen LogP contribution in [-0.2, 0) is 4.79 Å². The number of aryl methyl sites for hydroxylation is 1. The van der Waals surface area contributed by atoms with Gasteiger partial charge in [0.25, 0.3) is 5.91 Å². The Bertz CT molecular complexity index is 714. The Kier molecular flexibility index (Phi) is 4.56. The third kappa shape index (κ3) is 3.70. The highest BCUT2D eigenvalue weighted by Gasteiger charge is 2.14. The molecule has 9 heteroatoms. The Balaban J connectivity index is 2.31. The predicted octanol–water partition coefficient (Wildman–Crippen LogP) is 0.975. The summed E-state index contributed by atoms with van der Waals surface area (Å²) in [5.74, 6) is -1.15. The Morgan fingerprint density at radius 2 is 2.05 bits per heavy atom. The van der Waals surface area contributed by atoms with Crippen molar-refractivity contribution < 1.29 is 9.59 Å². The van der Waals surface area contributed by atoms with E-state index >= 15 is 0 Å². The van der Waals surface area contributed by atoms with Crippen molar-refractivity contribution in [2.45, 2.75) is 19.9 Å². The lowest BCUT2D eigenvalue weighted by atomic mass is 10.2. The minimum atomic E-state index is -0.654. The average Bonchev–Trinajstić information content (AvgIpc) is 2.83. The summed E-state index contributed by atoms with van der Waals surface area (Å²) in [6.45, 7) is 3.49. The molecule has 0 saturated heterocycles. The van der Waals surface area contributed by atoms with Gasteiger partial charge < -0.3 is 22.1 Å². The first kappa shape index (κ1) is 15.7. The number of nitrogens with one attached hydrogen (secondary N) is 2. The minimum Gasteiger partial charge on any atom is -0.373 e.